The predicted molar refractivity (Wildman–Crippen MR) is 96.6 cm³/mol. The van der Waals surface area contributed by atoms with E-state index in [1.165, 1.54) is 11.3 Å². The zero-order valence-electron chi connectivity index (χ0n) is 14.5. The fourth-order valence-corrected chi connectivity index (χ4v) is 2.94. The third-order valence-corrected chi connectivity index (χ3v) is 4.54. The maximum Gasteiger partial charge on any atom is 0.264 e. The molecule has 0 saturated carbocycles. The lowest BCUT2D eigenvalue weighted by Gasteiger charge is -2.14. The first-order valence-corrected chi connectivity index (χ1v) is 8.91. The van der Waals surface area contributed by atoms with Crippen molar-refractivity contribution < 1.29 is 18.8 Å². The van der Waals surface area contributed by atoms with Crippen molar-refractivity contribution >= 4 is 17.2 Å². The minimum Gasteiger partial charge on any atom is -0.497 e. The quantitative estimate of drug-likeness (QED) is 0.604. The number of carbonyl (C=O) groups is 1. The zero-order chi connectivity index (χ0) is 18.4. The largest absolute Gasteiger partial charge is 0.497 e. The Morgan fingerprint density at radius 3 is 2.69 bits per heavy atom. The Labute approximate surface area is 155 Å². The van der Waals surface area contributed by atoms with Gasteiger partial charge in [-0.3, -0.25) is 4.79 Å². The highest BCUT2D eigenvalue weighted by atomic mass is 32.1. The Morgan fingerprint density at radius 1 is 1.23 bits per heavy atom. The maximum atomic E-state index is 12.2. The molecule has 0 spiro atoms. The van der Waals surface area contributed by atoms with Gasteiger partial charge in [-0.15, -0.1) is 11.3 Å². The van der Waals surface area contributed by atoms with Crippen molar-refractivity contribution in [2.24, 2.45) is 0 Å². The minimum atomic E-state index is -0.00782. The van der Waals surface area contributed by atoms with Crippen LogP contribution in [-0.4, -0.2) is 41.6 Å². The van der Waals surface area contributed by atoms with Crippen molar-refractivity contribution in [1.82, 2.24) is 15.0 Å². The standard InChI is InChI=1S/C18H19N3O4S/c1-21(18(22)15-4-3-11-26-15)10-9-16-19-17(25-20-16)12-24-14-7-5-13(23-2)6-8-14/h3-8,11H,9-10,12H2,1-2H3. The number of amides is 1. The fourth-order valence-electron chi connectivity index (χ4n) is 2.22. The van der Waals surface area contributed by atoms with E-state index in [1.54, 1.807) is 31.2 Å². The summed E-state index contributed by atoms with van der Waals surface area (Å²) in [6, 6.07) is 10.9. The summed E-state index contributed by atoms with van der Waals surface area (Å²) in [4.78, 5) is 18.8. The molecule has 1 aromatic carbocycles. The number of nitrogens with zero attached hydrogens (tertiary/aromatic N) is 3. The highest BCUT2D eigenvalue weighted by molar-refractivity contribution is 7.12. The van der Waals surface area contributed by atoms with Gasteiger partial charge < -0.3 is 18.9 Å². The summed E-state index contributed by atoms with van der Waals surface area (Å²) < 4.78 is 15.9. The monoisotopic (exact) mass is 373 g/mol. The highest BCUT2D eigenvalue weighted by Gasteiger charge is 2.14. The molecule has 3 rings (SSSR count). The van der Waals surface area contributed by atoms with Crippen LogP contribution in [0.25, 0.3) is 0 Å². The molecule has 2 heterocycles. The van der Waals surface area contributed by atoms with Gasteiger partial charge in [0, 0.05) is 20.0 Å². The second kappa shape index (κ2) is 8.48. The van der Waals surface area contributed by atoms with E-state index in [4.69, 9.17) is 14.0 Å². The molecule has 1 amide bonds. The first kappa shape index (κ1) is 17.9. The van der Waals surface area contributed by atoms with Crippen LogP contribution in [0.5, 0.6) is 11.5 Å². The maximum absolute atomic E-state index is 12.2. The van der Waals surface area contributed by atoms with Crippen molar-refractivity contribution in [1.29, 1.82) is 0 Å². The van der Waals surface area contributed by atoms with E-state index >= 15 is 0 Å². The third kappa shape index (κ3) is 4.60. The lowest BCUT2D eigenvalue weighted by Crippen LogP contribution is -2.28. The molecule has 0 fully saturated rings. The van der Waals surface area contributed by atoms with E-state index in [-0.39, 0.29) is 12.5 Å². The average Bonchev–Trinajstić information content (AvgIpc) is 3.36. The van der Waals surface area contributed by atoms with Gasteiger partial charge in [-0.05, 0) is 35.7 Å². The molecule has 3 aromatic rings. The lowest BCUT2D eigenvalue weighted by molar-refractivity contribution is 0.0800. The molecule has 0 bridgehead atoms. The molecule has 0 unspecified atom stereocenters. The van der Waals surface area contributed by atoms with Crippen LogP contribution >= 0.6 is 11.3 Å². The van der Waals surface area contributed by atoms with Crippen molar-refractivity contribution in [3.63, 3.8) is 0 Å². The molecule has 7 nitrogen and oxygen atoms in total. The Kier molecular flexibility index (Phi) is 5.85. The summed E-state index contributed by atoms with van der Waals surface area (Å²) >= 11 is 1.43. The van der Waals surface area contributed by atoms with E-state index in [0.717, 1.165) is 5.75 Å². The van der Waals surface area contributed by atoms with Crippen LogP contribution < -0.4 is 9.47 Å². The van der Waals surface area contributed by atoms with Crippen molar-refractivity contribution in [2.75, 3.05) is 20.7 Å². The smallest absolute Gasteiger partial charge is 0.264 e. The SMILES string of the molecule is COc1ccc(OCc2nc(CCN(C)C(=O)c3cccs3)no2)cc1. The van der Waals surface area contributed by atoms with E-state index in [2.05, 4.69) is 10.1 Å². The summed E-state index contributed by atoms with van der Waals surface area (Å²) in [6.07, 6.45) is 0.514. The molecular weight excluding hydrogens is 354 g/mol. The number of rotatable bonds is 8. The van der Waals surface area contributed by atoms with Gasteiger partial charge in [-0.2, -0.15) is 4.98 Å². The van der Waals surface area contributed by atoms with Crippen LogP contribution in [-0.2, 0) is 13.0 Å². The van der Waals surface area contributed by atoms with Crippen LogP contribution in [0.3, 0.4) is 0 Å². The van der Waals surface area contributed by atoms with Gasteiger partial charge in [0.2, 0.25) is 0 Å². The van der Waals surface area contributed by atoms with E-state index in [1.807, 2.05) is 29.6 Å². The van der Waals surface area contributed by atoms with Crippen LogP contribution in [0.1, 0.15) is 21.4 Å². The van der Waals surface area contributed by atoms with Crippen LogP contribution in [0.4, 0.5) is 0 Å². The van der Waals surface area contributed by atoms with E-state index in [9.17, 15) is 4.79 Å². The molecule has 26 heavy (non-hydrogen) atoms. The molecule has 2 aromatic heterocycles. The van der Waals surface area contributed by atoms with Gasteiger partial charge in [0.15, 0.2) is 12.4 Å². The van der Waals surface area contributed by atoms with E-state index in [0.29, 0.717) is 35.3 Å². The summed E-state index contributed by atoms with van der Waals surface area (Å²) in [6.45, 7) is 0.693. The molecule has 8 heteroatoms. The van der Waals surface area contributed by atoms with E-state index < -0.39 is 0 Å². The summed E-state index contributed by atoms with van der Waals surface area (Å²) in [5, 5.41) is 5.81. The van der Waals surface area contributed by atoms with Crippen LogP contribution in [0.15, 0.2) is 46.3 Å². The average molecular weight is 373 g/mol. The number of hydrogen-bond donors (Lipinski definition) is 0. The third-order valence-electron chi connectivity index (χ3n) is 3.68. The summed E-state index contributed by atoms with van der Waals surface area (Å²) in [7, 11) is 3.37. The number of benzene rings is 1. The Balaban J connectivity index is 1.47. The highest BCUT2D eigenvalue weighted by Crippen LogP contribution is 2.18. The second-order valence-corrected chi connectivity index (χ2v) is 6.47. The molecule has 136 valence electrons. The zero-order valence-corrected chi connectivity index (χ0v) is 15.4. The Bertz CT molecular complexity index is 831. The van der Waals surface area contributed by atoms with Gasteiger partial charge in [0.05, 0.1) is 12.0 Å². The van der Waals surface area contributed by atoms with Gasteiger partial charge in [-0.25, -0.2) is 0 Å². The minimum absolute atomic E-state index is 0.00782. The number of hydrogen-bond acceptors (Lipinski definition) is 7. The van der Waals surface area contributed by atoms with Crippen molar-refractivity contribution in [2.45, 2.75) is 13.0 Å². The number of carbonyl (C=O) groups excluding carboxylic acids is 1. The van der Waals surface area contributed by atoms with Gasteiger partial charge in [0.1, 0.15) is 11.5 Å². The van der Waals surface area contributed by atoms with Gasteiger partial charge in [0.25, 0.3) is 11.8 Å². The number of thiophene rings is 1. The lowest BCUT2D eigenvalue weighted by atomic mass is 10.3. The number of likely N-dealkylation sites (N-methyl/N-ethyl adjacent to an activating group) is 1. The first-order valence-electron chi connectivity index (χ1n) is 8.03. The second-order valence-electron chi connectivity index (χ2n) is 5.52. The van der Waals surface area contributed by atoms with Crippen molar-refractivity contribution in [3.8, 4) is 11.5 Å². The predicted octanol–water partition coefficient (Wildman–Crippen LogP) is 3.03. The first-order chi connectivity index (χ1) is 12.7. The number of ether oxygens (including phenoxy) is 2. The Morgan fingerprint density at radius 2 is 2.00 bits per heavy atom. The summed E-state index contributed by atoms with van der Waals surface area (Å²) in [5.41, 5.74) is 0. The molecular formula is C18H19N3O4S. The van der Waals surface area contributed by atoms with Crippen LogP contribution in [0, 0.1) is 0 Å². The molecule has 0 atom stereocenters. The molecule has 0 N–H and O–H groups in total. The number of aromatic nitrogens is 2. The molecule has 0 aliphatic rings. The molecule has 0 aliphatic heterocycles. The normalized spacial score (nSPS) is 10.5. The number of methoxy groups -OCH3 is 1. The summed E-state index contributed by atoms with van der Waals surface area (Å²) in [5.74, 6) is 2.38. The van der Waals surface area contributed by atoms with Crippen molar-refractivity contribution in [3.05, 3.63) is 58.4 Å². The Hall–Kier alpha value is -2.87. The van der Waals surface area contributed by atoms with Gasteiger partial charge in [-0.1, -0.05) is 11.2 Å². The fraction of sp³-hybridized carbons (Fsp3) is 0.278. The molecule has 0 aliphatic carbocycles. The topological polar surface area (TPSA) is 77.7 Å². The van der Waals surface area contributed by atoms with Gasteiger partial charge >= 0.3 is 0 Å². The molecule has 0 radical (unpaired) electrons. The molecule has 0 saturated heterocycles. The van der Waals surface area contributed by atoms with Crippen LogP contribution in [0.2, 0.25) is 0 Å².